The number of likely N-dealkylation sites (N-methyl/N-ethyl adjacent to an activating group) is 1. The Balaban J connectivity index is 2.21. The molecule has 18 heavy (non-hydrogen) atoms. The number of hydrogen-bond donors (Lipinski definition) is 1. The summed E-state index contributed by atoms with van der Waals surface area (Å²) < 4.78 is 5.96. The van der Waals surface area contributed by atoms with E-state index in [0.717, 1.165) is 24.0 Å². The Morgan fingerprint density at radius 1 is 1.56 bits per heavy atom. The molecule has 0 bridgehead atoms. The van der Waals surface area contributed by atoms with Crippen molar-refractivity contribution in [3.05, 3.63) is 28.2 Å². The number of methoxy groups -OCH3 is 1. The number of hydrogen-bond acceptors (Lipinski definition) is 3. The third-order valence-electron chi connectivity index (χ3n) is 3.31. The quantitative estimate of drug-likeness (QED) is 0.926. The highest BCUT2D eigenvalue weighted by Gasteiger charge is 2.25. The molecule has 0 aromatic heterocycles. The van der Waals surface area contributed by atoms with Gasteiger partial charge in [0, 0.05) is 24.1 Å². The second kappa shape index (κ2) is 5.71. The molecule has 1 heterocycles. The molecule has 1 atom stereocenters. The van der Waals surface area contributed by atoms with Crippen molar-refractivity contribution in [2.24, 2.45) is 0 Å². The van der Waals surface area contributed by atoms with Gasteiger partial charge in [0.1, 0.15) is 5.75 Å². The first-order valence-electron chi connectivity index (χ1n) is 5.95. The Bertz CT molecular complexity index is 445. The first-order valence-corrected chi connectivity index (χ1v) is 6.74. The van der Waals surface area contributed by atoms with Crippen molar-refractivity contribution >= 4 is 21.8 Å². The van der Waals surface area contributed by atoms with E-state index in [-0.39, 0.29) is 11.9 Å². The van der Waals surface area contributed by atoms with E-state index in [9.17, 15) is 4.79 Å². The maximum absolute atomic E-state index is 12.4. The van der Waals surface area contributed by atoms with E-state index >= 15 is 0 Å². The van der Waals surface area contributed by atoms with Crippen LogP contribution in [0.2, 0.25) is 0 Å². The fraction of sp³-hybridized carbons (Fsp3) is 0.462. The van der Waals surface area contributed by atoms with Gasteiger partial charge in [0.25, 0.3) is 5.91 Å². The largest absolute Gasteiger partial charge is 0.497 e. The lowest BCUT2D eigenvalue weighted by molar-refractivity contribution is 0.0742. The van der Waals surface area contributed by atoms with Crippen molar-refractivity contribution in [3.63, 3.8) is 0 Å². The van der Waals surface area contributed by atoms with Crippen LogP contribution in [0.15, 0.2) is 22.7 Å². The molecule has 2 rings (SSSR count). The lowest BCUT2D eigenvalue weighted by Crippen LogP contribution is -2.38. The molecule has 98 valence electrons. The number of amides is 1. The summed E-state index contributed by atoms with van der Waals surface area (Å²) in [6.45, 7) is 1.84. The summed E-state index contributed by atoms with van der Waals surface area (Å²) in [5.41, 5.74) is 0.642. The highest BCUT2D eigenvalue weighted by molar-refractivity contribution is 9.10. The molecule has 0 radical (unpaired) electrons. The van der Waals surface area contributed by atoms with Gasteiger partial charge in [-0.3, -0.25) is 4.79 Å². The molecule has 1 unspecified atom stereocenters. The number of rotatable bonds is 3. The Morgan fingerprint density at radius 2 is 2.33 bits per heavy atom. The number of halogens is 1. The second-order valence-corrected chi connectivity index (χ2v) is 5.26. The lowest BCUT2D eigenvalue weighted by atomic mass is 10.1. The molecule has 1 aliphatic rings. The molecule has 1 fully saturated rings. The predicted molar refractivity (Wildman–Crippen MR) is 74.1 cm³/mol. The minimum Gasteiger partial charge on any atom is -0.497 e. The third kappa shape index (κ3) is 2.67. The number of benzene rings is 1. The number of nitrogens with one attached hydrogen (secondary N) is 1. The molecule has 0 saturated carbocycles. The van der Waals surface area contributed by atoms with Crippen LogP contribution in [0.25, 0.3) is 0 Å². The van der Waals surface area contributed by atoms with Crippen LogP contribution in [-0.4, -0.2) is 44.1 Å². The fourth-order valence-electron chi connectivity index (χ4n) is 2.12. The average Bonchev–Trinajstić information content (AvgIpc) is 2.91. The van der Waals surface area contributed by atoms with Crippen LogP contribution in [0.1, 0.15) is 16.8 Å². The highest BCUT2D eigenvalue weighted by atomic mass is 79.9. The summed E-state index contributed by atoms with van der Waals surface area (Å²) in [5.74, 6) is 0.717. The number of carbonyl (C=O) groups excluding carboxylic acids is 1. The molecular weight excluding hydrogens is 296 g/mol. The monoisotopic (exact) mass is 312 g/mol. The second-order valence-electron chi connectivity index (χ2n) is 4.41. The van der Waals surface area contributed by atoms with Gasteiger partial charge in [-0.15, -0.1) is 0 Å². The molecule has 4 nitrogen and oxygen atoms in total. The molecule has 0 aliphatic carbocycles. The van der Waals surface area contributed by atoms with Crippen LogP contribution in [0.5, 0.6) is 5.75 Å². The minimum absolute atomic E-state index is 0.0227. The van der Waals surface area contributed by atoms with Gasteiger partial charge in [0.2, 0.25) is 0 Å². The zero-order chi connectivity index (χ0) is 13.1. The van der Waals surface area contributed by atoms with E-state index < -0.39 is 0 Å². The van der Waals surface area contributed by atoms with E-state index in [0.29, 0.717) is 11.3 Å². The Kier molecular flexibility index (Phi) is 4.24. The van der Waals surface area contributed by atoms with Gasteiger partial charge in [-0.05, 0) is 47.1 Å². The normalized spacial score (nSPS) is 18.7. The summed E-state index contributed by atoms with van der Waals surface area (Å²) in [7, 11) is 3.45. The van der Waals surface area contributed by atoms with E-state index in [1.165, 1.54) is 0 Å². The van der Waals surface area contributed by atoms with Gasteiger partial charge in [-0.2, -0.15) is 0 Å². The van der Waals surface area contributed by atoms with Gasteiger partial charge in [0.15, 0.2) is 0 Å². The van der Waals surface area contributed by atoms with Gasteiger partial charge in [-0.25, -0.2) is 0 Å². The van der Waals surface area contributed by atoms with Crippen LogP contribution in [0, 0.1) is 0 Å². The predicted octanol–water partition coefficient (Wildman–Crippen LogP) is 1.89. The minimum atomic E-state index is 0.0227. The SMILES string of the molecule is COc1ccc(Br)c(C(=O)N(C)C2CCNC2)c1. The first-order chi connectivity index (χ1) is 8.63. The van der Waals surface area contributed by atoms with Crippen LogP contribution in [-0.2, 0) is 0 Å². The van der Waals surface area contributed by atoms with E-state index in [1.807, 2.05) is 19.2 Å². The molecule has 5 heteroatoms. The molecular formula is C13H17BrN2O2. The topological polar surface area (TPSA) is 41.6 Å². The maximum Gasteiger partial charge on any atom is 0.255 e. The summed E-state index contributed by atoms with van der Waals surface area (Å²) in [5, 5.41) is 3.27. The van der Waals surface area contributed by atoms with Crippen molar-refractivity contribution in [2.75, 3.05) is 27.2 Å². The van der Waals surface area contributed by atoms with Gasteiger partial charge < -0.3 is 15.0 Å². The molecule has 1 aromatic rings. The average molecular weight is 313 g/mol. The maximum atomic E-state index is 12.4. The molecule has 1 aromatic carbocycles. The van der Waals surface area contributed by atoms with Crippen molar-refractivity contribution in [2.45, 2.75) is 12.5 Å². The van der Waals surface area contributed by atoms with E-state index in [1.54, 1.807) is 18.1 Å². The van der Waals surface area contributed by atoms with Crippen LogP contribution < -0.4 is 10.1 Å². The van der Waals surface area contributed by atoms with E-state index in [2.05, 4.69) is 21.2 Å². The zero-order valence-corrected chi connectivity index (χ0v) is 12.2. The Labute approximate surface area is 115 Å². The van der Waals surface area contributed by atoms with E-state index in [4.69, 9.17) is 4.74 Å². The van der Waals surface area contributed by atoms with Crippen molar-refractivity contribution in [3.8, 4) is 5.75 Å². The Morgan fingerprint density at radius 3 is 2.94 bits per heavy atom. The summed E-state index contributed by atoms with van der Waals surface area (Å²) in [6, 6.07) is 5.71. The van der Waals surface area contributed by atoms with Crippen LogP contribution in [0.3, 0.4) is 0 Å². The summed E-state index contributed by atoms with van der Waals surface area (Å²) >= 11 is 3.42. The van der Waals surface area contributed by atoms with Crippen LogP contribution >= 0.6 is 15.9 Å². The zero-order valence-electron chi connectivity index (χ0n) is 10.6. The van der Waals surface area contributed by atoms with Gasteiger partial charge in [-0.1, -0.05) is 0 Å². The summed E-state index contributed by atoms with van der Waals surface area (Å²) in [6.07, 6.45) is 1.00. The molecule has 1 amide bonds. The number of carbonyl (C=O) groups is 1. The number of nitrogens with zero attached hydrogens (tertiary/aromatic N) is 1. The first kappa shape index (κ1) is 13.4. The van der Waals surface area contributed by atoms with Crippen molar-refractivity contribution in [1.29, 1.82) is 0 Å². The number of ether oxygens (including phenoxy) is 1. The third-order valence-corrected chi connectivity index (χ3v) is 4.00. The highest BCUT2D eigenvalue weighted by Crippen LogP contribution is 2.24. The van der Waals surface area contributed by atoms with Crippen molar-refractivity contribution in [1.82, 2.24) is 10.2 Å². The molecule has 0 spiro atoms. The lowest BCUT2D eigenvalue weighted by Gasteiger charge is -2.24. The smallest absolute Gasteiger partial charge is 0.255 e. The molecule has 1 saturated heterocycles. The summed E-state index contributed by atoms with van der Waals surface area (Å²) in [4.78, 5) is 14.2. The standard InChI is InChI=1S/C13H17BrN2O2/c1-16(9-5-6-15-8-9)13(17)11-7-10(18-2)3-4-12(11)14/h3-4,7,9,15H,5-6,8H2,1-2H3. The Hall–Kier alpha value is -1.07. The van der Waals surface area contributed by atoms with Gasteiger partial charge in [0.05, 0.1) is 12.7 Å². The van der Waals surface area contributed by atoms with Gasteiger partial charge >= 0.3 is 0 Å². The van der Waals surface area contributed by atoms with Crippen molar-refractivity contribution < 1.29 is 9.53 Å². The molecule has 1 aliphatic heterocycles. The van der Waals surface area contributed by atoms with Crippen LogP contribution in [0.4, 0.5) is 0 Å². The fourth-order valence-corrected chi connectivity index (χ4v) is 2.54. The molecule has 1 N–H and O–H groups in total.